The largest absolute Gasteiger partial charge is 0.422 e. The van der Waals surface area contributed by atoms with Gasteiger partial charge in [-0.2, -0.15) is 5.10 Å². The standard InChI is InChI=1S/C30H19BrClN3O4S/c31-21-13-9-18(10-14-21)28(36)34-22-15-11-19(12-16-22)29(37)35-33-17-20-5-1-3-7-24(20)39-30(38)27-26(32)23-6-2-4-8-25(23)40-27/h1-17H,(H,34,36)(H,35,37)/b33-17-. The highest BCUT2D eigenvalue weighted by Gasteiger charge is 2.20. The Hall–Kier alpha value is -4.31. The minimum atomic E-state index is -0.580. The molecule has 0 aliphatic carbocycles. The van der Waals surface area contributed by atoms with Gasteiger partial charge in [0.15, 0.2) is 0 Å². The third kappa shape index (κ3) is 6.28. The van der Waals surface area contributed by atoms with E-state index in [0.717, 1.165) is 14.6 Å². The molecule has 0 bridgehead atoms. The van der Waals surface area contributed by atoms with Crippen LogP contribution in [0, 0.1) is 0 Å². The Bertz CT molecular complexity index is 1750. The van der Waals surface area contributed by atoms with Crippen LogP contribution in [0.25, 0.3) is 10.1 Å². The van der Waals surface area contributed by atoms with E-state index >= 15 is 0 Å². The van der Waals surface area contributed by atoms with Gasteiger partial charge in [-0.25, -0.2) is 10.2 Å². The van der Waals surface area contributed by atoms with Gasteiger partial charge in [0.05, 0.1) is 11.2 Å². The van der Waals surface area contributed by atoms with E-state index in [1.165, 1.54) is 17.6 Å². The number of hydrogen-bond acceptors (Lipinski definition) is 6. The zero-order chi connectivity index (χ0) is 28.1. The highest BCUT2D eigenvalue weighted by molar-refractivity contribution is 9.10. The number of nitrogens with zero attached hydrogens (tertiary/aromatic N) is 1. The average Bonchev–Trinajstić information content (AvgIpc) is 3.31. The van der Waals surface area contributed by atoms with Crippen molar-refractivity contribution in [3.8, 4) is 5.75 Å². The predicted octanol–water partition coefficient (Wildman–Crippen LogP) is 7.55. The van der Waals surface area contributed by atoms with Gasteiger partial charge in [-0.1, -0.05) is 57.9 Å². The summed E-state index contributed by atoms with van der Waals surface area (Å²) >= 11 is 11.0. The predicted molar refractivity (Wildman–Crippen MR) is 162 cm³/mol. The molecule has 0 saturated carbocycles. The Morgan fingerprint density at radius 1 is 0.825 bits per heavy atom. The van der Waals surface area contributed by atoms with Crippen LogP contribution < -0.4 is 15.5 Å². The lowest BCUT2D eigenvalue weighted by Crippen LogP contribution is -2.18. The normalized spacial score (nSPS) is 10.9. The van der Waals surface area contributed by atoms with E-state index in [4.69, 9.17) is 16.3 Å². The molecule has 1 aromatic heterocycles. The van der Waals surface area contributed by atoms with Crippen molar-refractivity contribution in [3.05, 3.63) is 128 Å². The molecule has 1 heterocycles. The molecule has 0 fully saturated rings. The van der Waals surface area contributed by atoms with E-state index < -0.39 is 11.9 Å². The molecule has 10 heteroatoms. The first kappa shape index (κ1) is 27.3. The monoisotopic (exact) mass is 631 g/mol. The molecule has 7 nitrogen and oxygen atoms in total. The van der Waals surface area contributed by atoms with Crippen molar-refractivity contribution in [3.63, 3.8) is 0 Å². The van der Waals surface area contributed by atoms with Gasteiger partial charge in [0.2, 0.25) is 0 Å². The van der Waals surface area contributed by atoms with Crippen molar-refractivity contribution in [1.29, 1.82) is 0 Å². The second-order valence-corrected chi connectivity index (χ2v) is 10.8. The zero-order valence-electron chi connectivity index (χ0n) is 20.6. The molecule has 2 N–H and O–H groups in total. The maximum atomic E-state index is 12.9. The second-order valence-electron chi connectivity index (χ2n) is 8.41. The number of esters is 1. The van der Waals surface area contributed by atoms with E-state index in [1.807, 2.05) is 24.3 Å². The van der Waals surface area contributed by atoms with Crippen molar-refractivity contribution in [2.75, 3.05) is 5.32 Å². The lowest BCUT2D eigenvalue weighted by atomic mass is 10.1. The van der Waals surface area contributed by atoms with Crippen LogP contribution in [-0.4, -0.2) is 24.0 Å². The summed E-state index contributed by atoms with van der Waals surface area (Å²) in [4.78, 5) is 38.1. The molecule has 0 unspecified atom stereocenters. The molecule has 0 aliphatic heterocycles. The molecule has 0 aliphatic rings. The fraction of sp³-hybridized carbons (Fsp3) is 0. The molecule has 4 aromatic carbocycles. The number of hydrogen-bond donors (Lipinski definition) is 2. The van der Waals surface area contributed by atoms with E-state index in [-0.39, 0.29) is 11.7 Å². The minimum absolute atomic E-state index is 0.261. The van der Waals surface area contributed by atoms with Crippen LogP contribution in [0.4, 0.5) is 5.69 Å². The van der Waals surface area contributed by atoms with Crippen molar-refractivity contribution < 1.29 is 19.1 Å². The quantitative estimate of drug-likeness (QED) is 0.0838. The number of rotatable bonds is 7. The number of para-hydroxylation sites is 1. The number of fused-ring (bicyclic) bond motifs is 1. The van der Waals surface area contributed by atoms with E-state index in [2.05, 4.69) is 31.8 Å². The highest BCUT2D eigenvalue weighted by atomic mass is 79.9. The van der Waals surface area contributed by atoms with Crippen LogP contribution in [0.3, 0.4) is 0 Å². The molecule has 0 atom stereocenters. The van der Waals surface area contributed by atoms with E-state index in [1.54, 1.807) is 72.8 Å². The number of carbonyl (C=O) groups is 3. The van der Waals surface area contributed by atoms with Crippen molar-refractivity contribution in [2.45, 2.75) is 0 Å². The third-order valence-corrected chi connectivity index (χ3v) is 7.91. The van der Waals surface area contributed by atoms with Gasteiger partial charge < -0.3 is 10.1 Å². The maximum Gasteiger partial charge on any atom is 0.355 e. The minimum Gasteiger partial charge on any atom is -0.422 e. The van der Waals surface area contributed by atoms with Gasteiger partial charge in [-0.05, 0) is 66.7 Å². The summed E-state index contributed by atoms with van der Waals surface area (Å²) < 4.78 is 7.38. The first-order chi connectivity index (χ1) is 19.4. The molecule has 198 valence electrons. The van der Waals surface area contributed by atoms with Crippen LogP contribution in [0.15, 0.2) is 107 Å². The molecule has 5 rings (SSSR count). The Kier molecular flexibility index (Phi) is 8.35. The van der Waals surface area contributed by atoms with Gasteiger partial charge in [0.25, 0.3) is 11.8 Å². The smallest absolute Gasteiger partial charge is 0.355 e. The topological polar surface area (TPSA) is 96.9 Å². The highest BCUT2D eigenvalue weighted by Crippen LogP contribution is 2.36. The summed E-state index contributed by atoms with van der Waals surface area (Å²) in [5.41, 5.74) is 4.34. The van der Waals surface area contributed by atoms with Gasteiger partial charge in [-0.3, -0.25) is 9.59 Å². The van der Waals surface area contributed by atoms with Crippen LogP contribution in [0.2, 0.25) is 5.02 Å². The number of hydrazone groups is 1. The van der Waals surface area contributed by atoms with Gasteiger partial charge >= 0.3 is 5.97 Å². The Morgan fingerprint density at radius 3 is 2.23 bits per heavy atom. The van der Waals surface area contributed by atoms with Crippen LogP contribution in [0.5, 0.6) is 5.75 Å². The SMILES string of the molecule is O=C(N/N=C\c1ccccc1OC(=O)c1sc2ccccc2c1Cl)c1ccc(NC(=O)c2ccc(Br)cc2)cc1. The number of benzene rings is 4. The fourth-order valence-corrected chi connectivity index (χ4v) is 5.36. The zero-order valence-corrected chi connectivity index (χ0v) is 23.7. The molecule has 0 saturated heterocycles. The molecule has 0 radical (unpaired) electrons. The Labute approximate surface area is 246 Å². The summed E-state index contributed by atoms with van der Waals surface area (Å²) in [6.45, 7) is 0. The van der Waals surface area contributed by atoms with E-state index in [0.29, 0.717) is 32.3 Å². The number of amides is 2. The fourth-order valence-electron chi connectivity index (χ4n) is 3.71. The van der Waals surface area contributed by atoms with Crippen LogP contribution in [0.1, 0.15) is 36.0 Å². The first-order valence-corrected chi connectivity index (χ1v) is 13.9. The third-order valence-electron chi connectivity index (χ3n) is 5.72. The summed E-state index contributed by atoms with van der Waals surface area (Å²) in [6.07, 6.45) is 1.39. The molecule has 0 spiro atoms. The lowest BCUT2D eigenvalue weighted by molar-refractivity contribution is 0.0739. The lowest BCUT2D eigenvalue weighted by Gasteiger charge is -2.07. The first-order valence-electron chi connectivity index (χ1n) is 11.9. The summed E-state index contributed by atoms with van der Waals surface area (Å²) in [5.74, 6) is -1.02. The molecular weight excluding hydrogens is 614 g/mol. The molecule has 2 amide bonds. The molecule has 40 heavy (non-hydrogen) atoms. The number of anilines is 1. The number of nitrogens with one attached hydrogen (secondary N) is 2. The van der Waals surface area contributed by atoms with Gasteiger partial charge in [0.1, 0.15) is 10.6 Å². The molecule has 5 aromatic rings. The number of thiophene rings is 1. The van der Waals surface area contributed by atoms with Crippen LogP contribution in [-0.2, 0) is 0 Å². The number of halogens is 2. The summed E-state index contributed by atoms with van der Waals surface area (Å²) in [6, 6.07) is 27.7. The van der Waals surface area contributed by atoms with Gasteiger partial charge in [0, 0.05) is 36.9 Å². The number of ether oxygens (including phenoxy) is 1. The Morgan fingerprint density at radius 2 is 1.48 bits per heavy atom. The molecular formula is C30H19BrClN3O4S. The van der Waals surface area contributed by atoms with Crippen LogP contribution >= 0.6 is 38.9 Å². The van der Waals surface area contributed by atoms with Crippen molar-refractivity contribution >= 4 is 78.6 Å². The Balaban J connectivity index is 1.21. The number of carbonyl (C=O) groups excluding carboxylic acids is 3. The van der Waals surface area contributed by atoms with Gasteiger partial charge in [-0.15, -0.1) is 11.3 Å². The van der Waals surface area contributed by atoms with E-state index in [9.17, 15) is 14.4 Å². The second kappa shape index (κ2) is 12.3. The maximum absolute atomic E-state index is 12.9. The summed E-state index contributed by atoms with van der Waals surface area (Å²) in [7, 11) is 0. The van der Waals surface area contributed by atoms with Crippen molar-refractivity contribution in [2.24, 2.45) is 5.10 Å². The average molecular weight is 633 g/mol. The van der Waals surface area contributed by atoms with Crippen molar-refractivity contribution in [1.82, 2.24) is 5.43 Å². The summed E-state index contributed by atoms with van der Waals surface area (Å²) in [5, 5.41) is 7.94.